The standard InChI is InChI=1S/C26H17Cl2NO3/c1-13(30)26-16-9-4-2-7-14(16)20(15-8-3-5-10-17(15)26)21-22(26)25(32)29(24(21)31)19-12-6-11-18(27)23(19)28/h2-12,20-22H,1H3/t20?,21-,22+,26?/m0/s1. The second-order valence-corrected chi connectivity index (χ2v) is 9.39. The molecule has 1 aliphatic heterocycles. The number of Topliss-reactive ketones (excluding diaryl/α,β-unsaturated/α-hetero) is 1. The maximum absolute atomic E-state index is 14.0. The van der Waals surface area contributed by atoms with Crippen LogP contribution >= 0.6 is 23.2 Å². The Morgan fingerprint density at radius 3 is 2.03 bits per heavy atom. The number of rotatable bonds is 2. The third-order valence-electron chi connectivity index (χ3n) is 7.35. The summed E-state index contributed by atoms with van der Waals surface area (Å²) in [4.78, 5) is 42.5. The molecule has 2 amide bonds. The van der Waals surface area contributed by atoms with Gasteiger partial charge in [-0.2, -0.15) is 0 Å². The van der Waals surface area contributed by atoms with E-state index in [-0.39, 0.29) is 33.3 Å². The van der Waals surface area contributed by atoms with Gasteiger partial charge in [0.05, 0.1) is 33.0 Å². The number of amides is 2. The fraction of sp³-hybridized carbons (Fsp3) is 0.192. The average Bonchev–Trinajstić information content (AvgIpc) is 3.06. The summed E-state index contributed by atoms with van der Waals surface area (Å²) in [5.41, 5.74) is 2.54. The molecular formula is C26H17Cl2NO3. The largest absolute Gasteiger partial charge is 0.299 e. The van der Waals surface area contributed by atoms with E-state index in [1.165, 1.54) is 6.92 Å². The van der Waals surface area contributed by atoms with Crippen LogP contribution in [0.2, 0.25) is 10.0 Å². The number of carbonyl (C=O) groups is 3. The van der Waals surface area contributed by atoms with Crippen LogP contribution in [0.3, 0.4) is 0 Å². The van der Waals surface area contributed by atoms with Crippen molar-refractivity contribution in [2.75, 3.05) is 4.90 Å². The zero-order valence-corrected chi connectivity index (χ0v) is 18.5. The summed E-state index contributed by atoms with van der Waals surface area (Å²) in [5, 5.41) is 0.407. The van der Waals surface area contributed by atoms with Crippen molar-refractivity contribution in [3.8, 4) is 0 Å². The Morgan fingerprint density at radius 2 is 1.44 bits per heavy atom. The molecule has 6 heteroatoms. The Hall–Kier alpha value is -2.95. The van der Waals surface area contributed by atoms with Gasteiger partial charge in [0, 0.05) is 5.92 Å². The Labute approximate surface area is 194 Å². The molecule has 7 rings (SSSR count). The van der Waals surface area contributed by atoms with Gasteiger partial charge in [-0.25, -0.2) is 4.90 Å². The molecule has 3 aromatic carbocycles. The highest BCUT2D eigenvalue weighted by atomic mass is 35.5. The number of benzene rings is 3. The number of anilines is 1. The first-order chi connectivity index (χ1) is 15.4. The minimum atomic E-state index is -1.22. The number of halogens is 2. The predicted octanol–water partition coefficient (Wildman–Crippen LogP) is 5.13. The molecule has 0 aromatic heterocycles. The lowest BCUT2D eigenvalue weighted by molar-refractivity contribution is -0.132. The SMILES string of the molecule is CC(=O)C12c3ccccc3C(c3ccccc31)[C@@H]1C(=O)N(c3cccc(Cl)c3Cl)C(=O)[C@@H]12. The molecule has 2 bridgehead atoms. The molecule has 0 N–H and O–H groups in total. The van der Waals surface area contributed by atoms with Crippen LogP contribution in [0.25, 0.3) is 0 Å². The van der Waals surface area contributed by atoms with Crippen LogP contribution in [0.5, 0.6) is 0 Å². The van der Waals surface area contributed by atoms with E-state index in [4.69, 9.17) is 23.2 Å². The van der Waals surface area contributed by atoms with Gasteiger partial charge in [0.15, 0.2) is 0 Å². The molecule has 1 saturated heterocycles. The molecule has 0 unspecified atom stereocenters. The first kappa shape index (κ1) is 19.7. The minimum Gasteiger partial charge on any atom is -0.299 e. The van der Waals surface area contributed by atoms with Crippen LogP contribution in [0.4, 0.5) is 5.69 Å². The van der Waals surface area contributed by atoms with Crippen molar-refractivity contribution in [2.45, 2.75) is 18.3 Å². The zero-order chi connectivity index (χ0) is 22.4. The quantitative estimate of drug-likeness (QED) is 0.496. The van der Waals surface area contributed by atoms with E-state index in [0.29, 0.717) is 0 Å². The van der Waals surface area contributed by atoms with Gasteiger partial charge in [0.25, 0.3) is 0 Å². The fourth-order valence-corrected chi connectivity index (χ4v) is 6.65. The molecule has 0 radical (unpaired) electrons. The summed E-state index contributed by atoms with van der Waals surface area (Å²) in [6.07, 6.45) is 0. The van der Waals surface area contributed by atoms with E-state index in [1.807, 2.05) is 48.5 Å². The summed E-state index contributed by atoms with van der Waals surface area (Å²) in [5.74, 6) is -2.74. The zero-order valence-electron chi connectivity index (χ0n) is 17.0. The average molecular weight is 462 g/mol. The van der Waals surface area contributed by atoms with Gasteiger partial charge < -0.3 is 0 Å². The smallest absolute Gasteiger partial charge is 0.239 e. The van der Waals surface area contributed by atoms with Gasteiger partial charge in [0.1, 0.15) is 5.78 Å². The van der Waals surface area contributed by atoms with Gasteiger partial charge in [0.2, 0.25) is 11.8 Å². The summed E-state index contributed by atoms with van der Waals surface area (Å²) in [7, 11) is 0. The summed E-state index contributed by atoms with van der Waals surface area (Å²) < 4.78 is 0. The van der Waals surface area contributed by atoms with Crippen molar-refractivity contribution in [3.05, 3.63) is 99.0 Å². The first-order valence-corrected chi connectivity index (χ1v) is 11.2. The molecule has 2 atom stereocenters. The van der Waals surface area contributed by atoms with Gasteiger partial charge in [-0.1, -0.05) is 77.8 Å². The molecule has 0 saturated carbocycles. The number of nitrogens with zero attached hydrogens (tertiary/aromatic N) is 1. The van der Waals surface area contributed by atoms with Crippen molar-refractivity contribution in [2.24, 2.45) is 11.8 Å². The van der Waals surface area contributed by atoms with Crippen LogP contribution < -0.4 is 4.90 Å². The van der Waals surface area contributed by atoms with Crippen molar-refractivity contribution in [1.29, 1.82) is 0 Å². The van der Waals surface area contributed by atoms with E-state index >= 15 is 0 Å². The molecule has 1 heterocycles. The number of hydrogen-bond donors (Lipinski definition) is 0. The monoisotopic (exact) mass is 461 g/mol. The Balaban J connectivity index is 1.68. The lowest BCUT2D eigenvalue weighted by atomic mass is 9.46. The van der Waals surface area contributed by atoms with Crippen molar-refractivity contribution in [1.82, 2.24) is 0 Å². The van der Waals surface area contributed by atoms with E-state index in [2.05, 4.69) is 0 Å². The number of ketones is 1. The molecule has 4 aliphatic rings. The molecule has 3 aromatic rings. The second-order valence-electron chi connectivity index (χ2n) is 8.60. The van der Waals surface area contributed by atoms with Gasteiger partial charge >= 0.3 is 0 Å². The molecule has 158 valence electrons. The maximum Gasteiger partial charge on any atom is 0.239 e. The topological polar surface area (TPSA) is 54.5 Å². The first-order valence-electron chi connectivity index (χ1n) is 10.4. The predicted molar refractivity (Wildman–Crippen MR) is 122 cm³/mol. The van der Waals surface area contributed by atoms with Gasteiger partial charge in [-0.05, 0) is 41.3 Å². The lowest BCUT2D eigenvalue weighted by Gasteiger charge is -2.52. The Kier molecular flexibility index (Phi) is 4.02. The molecule has 32 heavy (non-hydrogen) atoms. The molecule has 4 nitrogen and oxygen atoms in total. The van der Waals surface area contributed by atoms with Crippen molar-refractivity contribution < 1.29 is 14.4 Å². The minimum absolute atomic E-state index is 0.147. The Bertz CT molecular complexity index is 1320. The van der Waals surface area contributed by atoms with E-state index < -0.39 is 23.2 Å². The van der Waals surface area contributed by atoms with Crippen LogP contribution in [0, 0.1) is 11.8 Å². The third kappa shape index (κ3) is 2.12. The van der Waals surface area contributed by atoms with E-state index in [1.54, 1.807) is 18.2 Å². The summed E-state index contributed by atoms with van der Waals surface area (Å²) >= 11 is 12.6. The highest BCUT2D eigenvalue weighted by Gasteiger charge is 2.70. The normalized spacial score (nSPS) is 27.2. The van der Waals surface area contributed by atoms with Crippen molar-refractivity contribution >= 4 is 46.5 Å². The highest BCUT2D eigenvalue weighted by molar-refractivity contribution is 6.45. The summed E-state index contributed by atoms with van der Waals surface area (Å²) in [6, 6.07) is 20.3. The highest BCUT2D eigenvalue weighted by Crippen LogP contribution is 2.64. The van der Waals surface area contributed by atoms with Crippen LogP contribution in [-0.4, -0.2) is 17.6 Å². The molecular weight excluding hydrogens is 445 g/mol. The molecule has 0 spiro atoms. The second kappa shape index (κ2) is 6.53. The Morgan fingerprint density at radius 1 is 0.844 bits per heavy atom. The van der Waals surface area contributed by atoms with Crippen LogP contribution in [0.1, 0.15) is 35.1 Å². The number of imide groups is 1. The van der Waals surface area contributed by atoms with Crippen LogP contribution in [-0.2, 0) is 19.8 Å². The molecule has 3 aliphatic carbocycles. The van der Waals surface area contributed by atoms with Crippen LogP contribution in [0.15, 0.2) is 66.7 Å². The lowest BCUT2D eigenvalue weighted by Crippen LogP contribution is -2.57. The van der Waals surface area contributed by atoms with E-state index in [9.17, 15) is 14.4 Å². The van der Waals surface area contributed by atoms with E-state index in [0.717, 1.165) is 27.2 Å². The number of carbonyl (C=O) groups excluding carboxylic acids is 3. The maximum atomic E-state index is 14.0. The fourth-order valence-electron chi connectivity index (χ4n) is 6.27. The third-order valence-corrected chi connectivity index (χ3v) is 8.15. The van der Waals surface area contributed by atoms with Gasteiger partial charge in [-0.3, -0.25) is 14.4 Å². The summed E-state index contributed by atoms with van der Waals surface area (Å²) in [6.45, 7) is 1.52. The van der Waals surface area contributed by atoms with Gasteiger partial charge in [-0.15, -0.1) is 0 Å². The van der Waals surface area contributed by atoms with Crippen molar-refractivity contribution in [3.63, 3.8) is 0 Å². The number of hydrogen-bond acceptors (Lipinski definition) is 3. The molecule has 1 fully saturated rings.